The molecule has 8 nitrogen and oxygen atoms in total. The fourth-order valence-electron chi connectivity index (χ4n) is 4.14. The summed E-state index contributed by atoms with van der Waals surface area (Å²) < 4.78 is 26.7. The van der Waals surface area contributed by atoms with Crippen LogP contribution in [0.25, 0.3) is 10.8 Å². The van der Waals surface area contributed by atoms with Gasteiger partial charge in [-0.25, -0.2) is 18.2 Å². The Bertz CT molecular complexity index is 1310. The summed E-state index contributed by atoms with van der Waals surface area (Å²) in [6.45, 7) is 1.22. The van der Waals surface area contributed by atoms with Gasteiger partial charge in [0.25, 0.3) is 15.9 Å². The van der Waals surface area contributed by atoms with Crippen LogP contribution in [0.4, 0.5) is 4.79 Å². The zero-order chi connectivity index (χ0) is 24.1. The number of benzene rings is 3. The Kier molecular flexibility index (Phi) is 8.71. The van der Waals surface area contributed by atoms with Crippen molar-refractivity contribution in [2.75, 3.05) is 13.1 Å². The van der Waals surface area contributed by atoms with Gasteiger partial charge in [-0.15, -0.1) is 4.83 Å². The molecule has 0 spiro atoms. The molecular weight excluding hydrogens is 486 g/mol. The number of urea groups is 1. The average molecular weight is 516 g/mol. The van der Waals surface area contributed by atoms with Gasteiger partial charge < -0.3 is 17.3 Å². The van der Waals surface area contributed by atoms with Gasteiger partial charge in [0, 0.05) is 13.1 Å². The molecule has 0 unspecified atom stereocenters. The molecule has 3 aromatic carbocycles. The Balaban J connectivity index is 0.00000342. The molecule has 186 valence electrons. The number of nitrogens with two attached hydrogens (primary N) is 2. The fourth-order valence-corrected chi connectivity index (χ4v) is 5.20. The van der Waals surface area contributed by atoms with E-state index in [-0.39, 0.29) is 35.7 Å². The van der Waals surface area contributed by atoms with Gasteiger partial charge in [-0.3, -0.25) is 11.1 Å². The van der Waals surface area contributed by atoms with Crippen LogP contribution in [0.2, 0.25) is 0 Å². The third kappa shape index (κ3) is 6.50. The summed E-state index contributed by atoms with van der Waals surface area (Å²) in [5.74, 6) is 0.156. The number of hydrazine groups is 1. The van der Waals surface area contributed by atoms with E-state index in [1.807, 2.05) is 24.3 Å². The molecule has 35 heavy (non-hydrogen) atoms. The summed E-state index contributed by atoms with van der Waals surface area (Å²) in [6, 6.07) is 19.2. The highest BCUT2D eigenvalue weighted by atomic mass is 35.5. The first-order valence-electron chi connectivity index (χ1n) is 11.4. The number of amides is 2. The molecule has 1 heterocycles. The maximum absolute atomic E-state index is 13.5. The van der Waals surface area contributed by atoms with Gasteiger partial charge in [0.15, 0.2) is 0 Å². The van der Waals surface area contributed by atoms with Gasteiger partial charge in [-0.2, -0.15) is 0 Å². The monoisotopic (exact) mass is 515 g/mol. The van der Waals surface area contributed by atoms with Crippen molar-refractivity contribution in [1.29, 1.82) is 0 Å². The summed E-state index contributed by atoms with van der Waals surface area (Å²) >= 11 is 0. The number of hydrogen-bond donors (Lipinski definition) is 3. The predicted molar refractivity (Wildman–Crippen MR) is 132 cm³/mol. The van der Waals surface area contributed by atoms with Crippen LogP contribution in [0, 0.1) is 0 Å². The number of amidine groups is 1. The van der Waals surface area contributed by atoms with Crippen molar-refractivity contribution in [2.24, 2.45) is 5.73 Å². The second kappa shape index (κ2) is 11.5. The summed E-state index contributed by atoms with van der Waals surface area (Å²) in [5.41, 5.74) is 7.05. The molecule has 4 rings (SSSR count). The largest absolute Gasteiger partial charge is 1.00 e. The Morgan fingerprint density at radius 3 is 2.31 bits per heavy atom. The van der Waals surface area contributed by atoms with Gasteiger partial charge >= 0.3 is 6.03 Å². The van der Waals surface area contributed by atoms with Crippen molar-refractivity contribution in [3.05, 3.63) is 77.9 Å². The Hall–Kier alpha value is -3.14. The van der Waals surface area contributed by atoms with Crippen LogP contribution in [0.15, 0.2) is 71.6 Å². The predicted octanol–water partition coefficient (Wildman–Crippen LogP) is -1.00. The van der Waals surface area contributed by atoms with Gasteiger partial charge in [0.1, 0.15) is 0 Å². The maximum atomic E-state index is 13.5. The SMILES string of the molecule is NC(=[NH2+])c1cccc(CN(NS(=O)(=O)c2ccc3ccccc3c2)C(=O)N2CCCCCC2)c1.[Cl-]. The number of fused-ring (bicyclic) bond motifs is 1. The average Bonchev–Trinajstić information content (AvgIpc) is 3.12. The lowest BCUT2D eigenvalue weighted by Gasteiger charge is -2.30. The normalized spacial score (nSPS) is 14.1. The molecule has 1 fully saturated rings. The number of hydrogen-bond acceptors (Lipinski definition) is 3. The molecule has 1 aliphatic rings. The minimum atomic E-state index is -4.02. The lowest BCUT2D eigenvalue weighted by Crippen LogP contribution is -3.00. The van der Waals surface area contributed by atoms with E-state index in [1.165, 1.54) is 5.01 Å². The van der Waals surface area contributed by atoms with Crippen molar-refractivity contribution in [2.45, 2.75) is 37.1 Å². The zero-order valence-corrected chi connectivity index (χ0v) is 20.9. The van der Waals surface area contributed by atoms with E-state index in [4.69, 9.17) is 11.1 Å². The van der Waals surface area contributed by atoms with Crippen molar-refractivity contribution in [3.63, 3.8) is 0 Å². The van der Waals surface area contributed by atoms with Gasteiger partial charge in [0.2, 0.25) is 0 Å². The lowest BCUT2D eigenvalue weighted by molar-refractivity contribution is -0.114. The third-order valence-electron chi connectivity index (χ3n) is 5.97. The highest BCUT2D eigenvalue weighted by molar-refractivity contribution is 7.89. The van der Waals surface area contributed by atoms with Crippen molar-refractivity contribution in [1.82, 2.24) is 14.7 Å². The lowest BCUT2D eigenvalue weighted by atomic mass is 10.1. The number of nitrogens with one attached hydrogen (secondary N) is 1. The number of halogens is 1. The molecule has 0 atom stereocenters. The molecule has 1 aliphatic heterocycles. The van der Waals surface area contributed by atoms with Crippen LogP contribution < -0.4 is 28.4 Å². The summed E-state index contributed by atoms with van der Waals surface area (Å²) in [7, 11) is -4.02. The van der Waals surface area contributed by atoms with Crippen molar-refractivity contribution in [3.8, 4) is 0 Å². The second-order valence-corrected chi connectivity index (χ2v) is 10.2. The Morgan fingerprint density at radius 1 is 0.943 bits per heavy atom. The van der Waals surface area contributed by atoms with E-state index in [9.17, 15) is 13.2 Å². The van der Waals surface area contributed by atoms with Gasteiger partial charge in [-0.1, -0.05) is 55.3 Å². The minimum Gasteiger partial charge on any atom is -1.00 e. The van der Waals surface area contributed by atoms with Crippen LogP contribution in [-0.2, 0) is 16.6 Å². The van der Waals surface area contributed by atoms with E-state index in [2.05, 4.69) is 4.83 Å². The van der Waals surface area contributed by atoms with Crippen molar-refractivity contribution >= 4 is 32.7 Å². The molecule has 5 N–H and O–H groups in total. The third-order valence-corrected chi connectivity index (χ3v) is 7.31. The molecule has 0 aliphatic carbocycles. The first-order valence-corrected chi connectivity index (χ1v) is 12.9. The molecular formula is C25H30ClN5O3S. The minimum absolute atomic E-state index is 0. The molecule has 0 bridgehead atoms. The second-order valence-electron chi connectivity index (χ2n) is 8.53. The summed E-state index contributed by atoms with van der Waals surface area (Å²) in [5, 5.41) is 8.63. The summed E-state index contributed by atoms with van der Waals surface area (Å²) in [6.07, 6.45) is 3.90. The Morgan fingerprint density at radius 2 is 1.63 bits per heavy atom. The number of sulfonamides is 1. The van der Waals surface area contributed by atoms with Crippen LogP contribution in [0.1, 0.15) is 36.8 Å². The molecule has 10 heteroatoms. The zero-order valence-electron chi connectivity index (χ0n) is 19.4. The fraction of sp³-hybridized carbons (Fsp3) is 0.280. The van der Waals surface area contributed by atoms with Gasteiger partial charge in [0.05, 0.1) is 17.0 Å². The van der Waals surface area contributed by atoms with E-state index in [1.54, 1.807) is 47.4 Å². The first kappa shape index (κ1) is 26.5. The number of likely N-dealkylation sites (tertiary alicyclic amines) is 1. The highest BCUT2D eigenvalue weighted by Gasteiger charge is 2.27. The quantitative estimate of drug-likeness (QED) is 0.221. The first-order chi connectivity index (χ1) is 16.3. The molecule has 1 saturated heterocycles. The number of rotatable bonds is 6. The van der Waals surface area contributed by atoms with Crippen LogP contribution in [-0.4, -0.2) is 43.3 Å². The van der Waals surface area contributed by atoms with E-state index >= 15 is 0 Å². The molecule has 0 aromatic heterocycles. The highest BCUT2D eigenvalue weighted by Crippen LogP contribution is 2.20. The summed E-state index contributed by atoms with van der Waals surface area (Å²) in [4.78, 5) is 17.8. The van der Waals surface area contributed by atoms with Crippen LogP contribution in [0.3, 0.4) is 0 Å². The maximum Gasteiger partial charge on any atom is 0.335 e. The molecule has 0 radical (unpaired) electrons. The van der Waals surface area contributed by atoms with Crippen LogP contribution >= 0.6 is 0 Å². The smallest absolute Gasteiger partial charge is 0.335 e. The molecule has 3 aromatic rings. The number of carbonyl (C=O) groups excluding carboxylic acids is 1. The van der Waals surface area contributed by atoms with Crippen molar-refractivity contribution < 1.29 is 31.0 Å². The van der Waals surface area contributed by atoms with Gasteiger partial charge in [-0.05, 0) is 53.4 Å². The number of carbonyl (C=O) groups is 1. The number of nitrogens with zero attached hydrogens (tertiary/aromatic N) is 2. The van der Waals surface area contributed by atoms with E-state index < -0.39 is 10.0 Å². The standard InChI is InChI=1S/C25H29N5O3S.ClH/c26-24(27)22-11-7-8-19(16-22)18-30(25(31)29-14-5-1-2-6-15-29)28-34(32,33)23-13-12-20-9-3-4-10-21(20)17-23;/h3-4,7-13,16-17,28H,1-2,5-6,14-15,18H2,(H3,26,27);1H. The van der Waals surface area contributed by atoms with Crippen LogP contribution in [0.5, 0.6) is 0 Å². The van der Waals surface area contributed by atoms with E-state index in [0.717, 1.165) is 36.5 Å². The molecule has 0 saturated carbocycles. The molecule has 2 amide bonds. The topological polar surface area (TPSA) is 121 Å². The van der Waals surface area contributed by atoms with E-state index in [0.29, 0.717) is 24.2 Å². The Labute approximate surface area is 212 Å².